The van der Waals surface area contributed by atoms with Gasteiger partial charge in [0.05, 0.1) is 19.2 Å². The molecule has 0 fully saturated rings. The highest BCUT2D eigenvalue weighted by atomic mass is 16.1. The third-order valence-electron chi connectivity index (χ3n) is 3.14. The average Bonchev–Trinajstić information content (AvgIpc) is 2.48. The lowest BCUT2D eigenvalue weighted by Gasteiger charge is -2.17. The first-order chi connectivity index (χ1) is 10.2. The molecule has 0 aliphatic heterocycles. The number of carbonyl (C=O) groups is 1. The summed E-state index contributed by atoms with van der Waals surface area (Å²) in [6.45, 7) is 0.808. The summed E-state index contributed by atoms with van der Waals surface area (Å²) in [6.07, 6.45) is 0. The van der Waals surface area contributed by atoms with Crippen LogP contribution in [0.1, 0.15) is 5.56 Å². The maximum Gasteiger partial charge on any atom is 0.231 e. The molecule has 2 N–H and O–H groups in total. The standard InChI is InChI=1S/C17H17N3O/c18-10-11-20(13-17(19)21)12-14-6-8-16(9-7-14)15-4-2-1-3-5-15/h1-9H,11-13H2,(H2,19,21). The van der Waals surface area contributed by atoms with Gasteiger partial charge in [0, 0.05) is 6.54 Å². The summed E-state index contributed by atoms with van der Waals surface area (Å²) < 4.78 is 0. The van der Waals surface area contributed by atoms with E-state index in [0.29, 0.717) is 6.54 Å². The Labute approximate surface area is 124 Å². The number of nitrogens with zero attached hydrogens (tertiary/aromatic N) is 2. The van der Waals surface area contributed by atoms with Crippen LogP contribution in [0, 0.1) is 11.3 Å². The zero-order chi connectivity index (χ0) is 15.1. The van der Waals surface area contributed by atoms with Crippen LogP contribution in [0.15, 0.2) is 54.6 Å². The Morgan fingerprint density at radius 1 is 1.05 bits per heavy atom. The fraction of sp³-hybridized carbons (Fsp3) is 0.176. The van der Waals surface area contributed by atoms with E-state index in [2.05, 4.69) is 12.1 Å². The number of hydrogen-bond acceptors (Lipinski definition) is 3. The molecule has 0 unspecified atom stereocenters. The molecule has 0 atom stereocenters. The summed E-state index contributed by atoms with van der Waals surface area (Å²) >= 11 is 0. The van der Waals surface area contributed by atoms with E-state index in [9.17, 15) is 4.79 Å². The van der Waals surface area contributed by atoms with Crippen LogP contribution in [-0.4, -0.2) is 23.9 Å². The van der Waals surface area contributed by atoms with Gasteiger partial charge in [0.25, 0.3) is 0 Å². The number of benzene rings is 2. The van der Waals surface area contributed by atoms with Crippen molar-refractivity contribution in [1.82, 2.24) is 4.90 Å². The Morgan fingerprint density at radius 2 is 1.67 bits per heavy atom. The molecule has 1 amide bonds. The van der Waals surface area contributed by atoms with Gasteiger partial charge in [-0.3, -0.25) is 9.69 Å². The molecule has 21 heavy (non-hydrogen) atoms. The van der Waals surface area contributed by atoms with Crippen molar-refractivity contribution in [2.45, 2.75) is 6.54 Å². The molecule has 0 bridgehead atoms. The molecule has 4 nitrogen and oxygen atoms in total. The maximum absolute atomic E-state index is 11.0. The minimum absolute atomic E-state index is 0.0913. The number of nitriles is 1. The zero-order valence-electron chi connectivity index (χ0n) is 11.7. The second-order valence-electron chi connectivity index (χ2n) is 4.83. The van der Waals surface area contributed by atoms with E-state index in [-0.39, 0.29) is 13.1 Å². The molecule has 4 heteroatoms. The molecule has 0 aliphatic carbocycles. The molecule has 0 spiro atoms. The van der Waals surface area contributed by atoms with Gasteiger partial charge in [0.15, 0.2) is 0 Å². The smallest absolute Gasteiger partial charge is 0.231 e. The molecule has 0 radical (unpaired) electrons. The quantitative estimate of drug-likeness (QED) is 0.824. The topological polar surface area (TPSA) is 70.1 Å². The van der Waals surface area contributed by atoms with E-state index >= 15 is 0 Å². The summed E-state index contributed by atoms with van der Waals surface area (Å²) in [5.41, 5.74) is 8.54. The van der Waals surface area contributed by atoms with Crippen molar-refractivity contribution in [3.63, 3.8) is 0 Å². The average molecular weight is 279 g/mol. The summed E-state index contributed by atoms with van der Waals surface area (Å²) in [6, 6.07) is 20.3. The van der Waals surface area contributed by atoms with E-state index in [0.717, 1.165) is 16.7 Å². The highest BCUT2D eigenvalue weighted by Crippen LogP contribution is 2.19. The summed E-state index contributed by atoms with van der Waals surface area (Å²) in [5.74, 6) is -0.425. The van der Waals surface area contributed by atoms with Crippen LogP contribution in [0.3, 0.4) is 0 Å². The summed E-state index contributed by atoms with van der Waals surface area (Å²) in [7, 11) is 0. The van der Waals surface area contributed by atoms with Crippen molar-refractivity contribution in [2.24, 2.45) is 5.73 Å². The molecular formula is C17H17N3O. The summed E-state index contributed by atoms with van der Waals surface area (Å²) in [4.78, 5) is 12.7. The van der Waals surface area contributed by atoms with Crippen molar-refractivity contribution < 1.29 is 4.79 Å². The lowest BCUT2D eigenvalue weighted by Crippen LogP contribution is -2.33. The monoisotopic (exact) mass is 279 g/mol. The van der Waals surface area contributed by atoms with Gasteiger partial charge in [-0.2, -0.15) is 5.26 Å². The number of rotatable bonds is 6. The normalized spacial score (nSPS) is 10.3. The van der Waals surface area contributed by atoms with E-state index < -0.39 is 5.91 Å². The van der Waals surface area contributed by atoms with E-state index in [1.807, 2.05) is 48.5 Å². The Kier molecular flexibility index (Phi) is 5.08. The zero-order valence-corrected chi connectivity index (χ0v) is 11.7. The molecular weight excluding hydrogens is 262 g/mol. The molecule has 106 valence electrons. The fourth-order valence-corrected chi connectivity index (χ4v) is 2.18. The van der Waals surface area contributed by atoms with Crippen molar-refractivity contribution in [1.29, 1.82) is 5.26 Å². The highest BCUT2D eigenvalue weighted by Gasteiger charge is 2.08. The van der Waals surface area contributed by atoms with Crippen molar-refractivity contribution in [2.75, 3.05) is 13.1 Å². The third kappa shape index (κ3) is 4.44. The molecule has 0 saturated carbocycles. The Bertz CT molecular complexity index is 629. The van der Waals surface area contributed by atoms with Crippen LogP contribution >= 0.6 is 0 Å². The van der Waals surface area contributed by atoms with Crippen molar-refractivity contribution in [3.8, 4) is 17.2 Å². The van der Waals surface area contributed by atoms with Gasteiger partial charge < -0.3 is 5.73 Å². The van der Waals surface area contributed by atoms with Gasteiger partial charge in [0.1, 0.15) is 0 Å². The summed E-state index contributed by atoms with van der Waals surface area (Å²) in [5, 5.41) is 8.78. The number of hydrogen-bond donors (Lipinski definition) is 1. The predicted molar refractivity (Wildman–Crippen MR) is 82.0 cm³/mol. The van der Waals surface area contributed by atoms with Crippen LogP contribution in [0.2, 0.25) is 0 Å². The Hall–Kier alpha value is -2.64. The van der Waals surface area contributed by atoms with E-state index in [4.69, 9.17) is 11.0 Å². The Morgan fingerprint density at radius 3 is 2.24 bits per heavy atom. The van der Waals surface area contributed by atoms with E-state index in [1.54, 1.807) is 4.90 Å². The van der Waals surface area contributed by atoms with Gasteiger partial charge in [0.2, 0.25) is 5.91 Å². The van der Waals surface area contributed by atoms with E-state index in [1.165, 1.54) is 0 Å². The Balaban J connectivity index is 2.08. The van der Waals surface area contributed by atoms with Gasteiger partial charge >= 0.3 is 0 Å². The minimum Gasteiger partial charge on any atom is -0.369 e. The third-order valence-corrected chi connectivity index (χ3v) is 3.14. The predicted octanol–water partition coefficient (Wildman–Crippen LogP) is 2.16. The van der Waals surface area contributed by atoms with Crippen LogP contribution < -0.4 is 5.73 Å². The lowest BCUT2D eigenvalue weighted by molar-refractivity contribution is -0.119. The molecule has 0 aliphatic rings. The first kappa shape index (κ1) is 14.8. The maximum atomic E-state index is 11.0. The largest absolute Gasteiger partial charge is 0.369 e. The molecule has 0 heterocycles. The van der Waals surface area contributed by atoms with Crippen LogP contribution in [0.5, 0.6) is 0 Å². The molecule has 2 aromatic carbocycles. The number of carbonyl (C=O) groups excluding carboxylic acids is 1. The van der Waals surface area contributed by atoms with Crippen molar-refractivity contribution in [3.05, 3.63) is 60.2 Å². The molecule has 2 aromatic rings. The molecule has 2 rings (SSSR count). The van der Waals surface area contributed by atoms with Crippen LogP contribution in [0.25, 0.3) is 11.1 Å². The molecule has 0 saturated heterocycles. The fourth-order valence-electron chi connectivity index (χ4n) is 2.18. The SMILES string of the molecule is N#CCN(CC(N)=O)Cc1ccc(-c2ccccc2)cc1. The number of primary amides is 1. The second-order valence-corrected chi connectivity index (χ2v) is 4.83. The second kappa shape index (κ2) is 7.22. The first-order valence-corrected chi connectivity index (χ1v) is 6.71. The minimum atomic E-state index is -0.425. The van der Waals surface area contributed by atoms with Crippen LogP contribution in [0.4, 0.5) is 0 Å². The number of amides is 1. The highest BCUT2D eigenvalue weighted by molar-refractivity contribution is 5.76. The first-order valence-electron chi connectivity index (χ1n) is 6.71. The van der Waals surface area contributed by atoms with Gasteiger partial charge in [-0.05, 0) is 16.7 Å². The lowest BCUT2D eigenvalue weighted by atomic mass is 10.0. The van der Waals surface area contributed by atoms with Gasteiger partial charge in [-0.25, -0.2) is 0 Å². The molecule has 0 aromatic heterocycles. The van der Waals surface area contributed by atoms with Crippen LogP contribution in [-0.2, 0) is 11.3 Å². The van der Waals surface area contributed by atoms with Crippen molar-refractivity contribution >= 4 is 5.91 Å². The van der Waals surface area contributed by atoms with Gasteiger partial charge in [-0.15, -0.1) is 0 Å². The van der Waals surface area contributed by atoms with Gasteiger partial charge in [-0.1, -0.05) is 54.6 Å². The number of nitrogens with two attached hydrogens (primary N) is 1.